The lowest BCUT2D eigenvalue weighted by Crippen LogP contribution is -2.31. The molecule has 1 aliphatic rings. The zero-order valence-corrected chi connectivity index (χ0v) is 19.8. The molecule has 5 rings (SSSR count). The predicted molar refractivity (Wildman–Crippen MR) is 135 cm³/mol. The summed E-state index contributed by atoms with van der Waals surface area (Å²) in [6, 6.07) is 15.7. The molecule has 1 amide bonds. The highest BCUT2D eigenvalue weighted by Crippen LogP contribution is 2.30. The first-order valence-electron chi connectivity index (χ1n) is 12.0. The third-order valence-electron chi connectivity index (χ3n) is 6.46. The number of carbonyl (C=O) groups excluding carboxylic acids is 1. The number of aromatic nitrogens is 4. The molecule has 3 heterocycles. The quantitative estimate of drug-likeness (QED) is 0.370. The molecule has 0 saturated carbocycles. The van der Waals surface area contributed by atoms with Gasteiger partial charge in [0.05, 0.1) is 24.1 Å². The molecule has 8 nitrogen and oxygen atoms in total. The zero-order valence-electron chi connectivity index (χ0n) is 19.8. The summed E-state index contributed by atoms with van der Waals surface area (Å²) in [4.78, 5) is 22.6. The highest BCUT2D eigenvalue weighted by molar-refractivity contribution is 5.88. The van der Waals surface area contributed by atoms with Gasteiger partial charge in [0.15, 0.2) is 0 Å². The van der Waals surface area contributed by atoms with E-state index in [1.165, 1.54) is 12.1 Å². The number of nitrogens with two attached hydrogens (primary N) is 1. The zero-order chi connectivity index (χ0) is 24.9. The lowest BCUT2D eigenvalue weighted by atomic mass is 9.94. The van der Waals surface area contributed by atoms with Crippen LogP contribution in [0.2, 0.25) is 0 Å². The smallest absolute Gasteiger partial charge is 0.234 e. The molecule has 1 fully saturated rings. The molecule has 2 aromatic heterocycles. The number of anilines is 1. The number of benzene rings is 2. The van der Waals surface area contributed by atoms with E-state index >= 15 is 0 Å². The lowest BCUT2D eigenvalue weighted by Gasteiger charge is -2.22. The van der Waals surface area contributed by atoms with Crippen LogP contribution in [0.3, 0.4) is 0 Å². The van der Waals surface area contributed by atoms with Gasteiger partial charge in [0, 0.05) is 18.3 Å². The van der Waals surface area contributed by atoms with Crippen LogP contribution >= 0.6 is 0 Å². The van der Waals surface area contributed by atoms with Gasteiger partial charge in [-0.25, -0.2) is 14.4 Å². The van der Waals surface area contributed by atoms with E-state index in [2.05, 4.69) is 20.7 Å². The number of piperidine rings is 1. The standard InChI is InChI=1S/C27H28FN7O/c28-21-8-6-18(7-9-21)14-32-27(36)24(19-4-2-1-3-5-19)25-26(29)31-16-23(34-25)20-15-33-35(17-20)22-10-12-30-13-11-22/h1-9,15-17,22,24,30H,10-14H2,(H2,29,31)(H,32,36)/t24-/m1/s1. The molecule has 1 atom stereocenters. The Morgan fingerprint density at radius 3 is 2.61 bits per heavy atom. The number of amides is 1. The van der Waals surface area contributed by atoms with Crippen LogP contribution in [0.25, 0.3) is 11.3 Å². The number of nitrogen functional groups attached to an aromatic ring is 1. The molecule has 36 heavy (non-hydrogen) atoms. The fraction of sp³-hybridized carbons (Fsp3) is 0.259. The van der Waals surface area contributed by atoms with Gasteiger partial charge < -0.3 is 16.4 Å². The van der Waals surface area contributed by atoms with Gasteiger partial charge in [0.2, 0.25) is 5.91 Å². The third-order valence-corrected chi connectivity index (χ3v) is 6.46. The summed E-state index contributed by atoms with van der Waals surface area (Å²) in [5.41, 5.74) is 9.60. The van der Waals surface area contributed by atoms with Gasteiger partial charge in [-0.05, 0) is 49.2 Å². The summed E-state index contributed by atoms with van der Waals surface area (Å²) in [5, 5.41) is 10.9. The molecular formula is C27H28FN7O. The second-order valence-corrected chi connectivity index (χ2v) is 8.90. The monoisotopic (exact) mass is 485 g/mol. The molecule has 1 saturated heterocycles. The first-order valence-corrected chi connectivity index (χ1v) is 12.0. The maximum Gasteiger partial charge on any atom is 0.234 e. The van der Waals surface area contributed by atoms with E-state index in [4.69, 9.17) is 10.7 Å². The normalized spacial score (nSPS) is 14.9. The molecule has 0 aliphatic carbocycles. The largest absolute Gasteiger partial charge is 0.382 e. The molecule has 4 N–H and O–H groups in total. The van der Waals surface area contributed by atoms with Crippen LogP contribution in [0, 0.1) is 5.82 Å². The Labute approximate surface area is 208 Å². The minimum atomic E-state index is -0.765. The van der Waals surface area contributed by atoms with Crippen LogP contribution in [0.1, 0.15) is 41.6 Å². The molecule has 1 aliphatic heterocycles. The Balaban J connectivity index is 1.44. The SMILES string of the molecule is Nc1ncc(-c2cnn(C3CCNCC3)c2)nc1[C@H](C(=O)NCc1ccc(F)cc1)c1ccccc1. The van der Waals surface area contributed by atoms with Gasteiger partial charge in [-0.1, -0.05) is 42.5 Å². The van der Waals surface area contributed by atoms with Crippen molar-refractivity contribution in [3.05, 3.63) is 95.8 Å². The van der Waals surface area contributed by atoms with Gasteiger partial charge in [-0.2, -0.15) is 5.10 Å². The highest BCUT2D eigenvalue weighted by atomic mass is 19.1. The summed E-state index contributed by atoms with van der Waals surface area (Å²) in [7, 11) is 0. The van der Waals surface area contributed by atoms with Crippen molar-refractivity contribution < 1.29 is 9.18 Å². The van der Waals surface area contributed by atoms with E-state index in [0.29, 0.717) is 17.4 Å². The molecule has 0 unspecified atom stereocenters. The number of hydrogen-bond donors (Lipinski definition) is 3. The van der Waals surface area contributed by atoms with Crippen molar-refractivity contribution in [1.29, 1.82) is 0 Å². The lowest BCUT2D eigenvalue weighted by molar-refractivity contribution is -0.121. The van der Waals surface area contributed by atoms with Crippen molar-refractivity contribution >= 4 is 11.7 Å². The summed E-state index contributed by atoms with van der Waals surface area (Å²) in [6.45, 7) is 2.19. The summed E-state index contributed by atoms with van der Waals surface area (Å²) >= 11 is 0. The van der Waals surface area contributed by atoms with Gasteiger partial charge in [0.25, 0.3) is 0 Å². The van der Waals surface area contributed by atoms with E-state index in [0.717, 1.165) is 42.6 Å². The van der Waals surface area contributed by atoms with Crippen molar-refractivity contribution in [2.45, 2.75) is 31.3 Å². The van der Waals surface area contributed by atoms with E-state index in [1.54, 1.807) is 24.5 Å². The average Bonchev–Trinajstić information content (AvgIpc) is 3.41. The number of halogens is 1. The Kier molecular flexibility index (Phi) is 6.99. The molecular weight excluding hydrogens is 457 g/mol. The first-order chi connectivity index (χ1) is 17.6. The van der Waals surface area contributed by atoms with E-state index in [1.807, 2.05) is 41.2 Å². The minimum absolute atomic E-state index is 0.190. The van der Waals surface area contributed by atoms with E-state index < -0.39 is 5.92 Å². The first kappa shape index (κ1) is 23.6. The van der Waals surface area contributed by atoms with Crippen LogP contribution in [0.4, 0.5) is 10.2 Å². The van der Waals surface area contributed by atoms with Gasteiger partial charge in [-0.15, -0.1) is 0 Å². The second kappa shape index (κ2) is 10.7. The fourth-order valence-corrected chi connectivity index (χ4v) is 4.48. The number of carbonyl (C=O) groups is 1. The number of nitrogens with one attached hydrogen (secondary N) is 2. The Morgan fingerprint density at radius 2 is 1.86 bits per heavy atom. The van der Waals surface area contributed by atoms with Gasteiger partial charge >= 0.3 is 0 Å². The van der Waals surface area contributed by atoms with Crippen LogP contribution in [-0.4, -0.2) is 38.7 Å². The predicted octanol–water partition coefficient (Wildman–Crippen LogP) is 3.43. The maximum absolute atomic E-state index is 13.5. The minimum Gasteiger partial charge on any atom is -0.382 e. The molecule has 0 bridgehead atoms. The molecule has 9 heteroatoms. The maximum atomic E-state index is 13.5. The van der Waals surface area contributed by atoms with Crippen molar-refractivity contribution in [3.8, 4) is 11.3 Å². The number of nitrogens with zero attached hydrogens (tertiary/aromatic N) is 4. The van der Waals surface area contributed by atoms with Crippen LogP contribution in [0.15, 0.2) is 73.2 Å². The van der Waals surface area contributed by atoms with Crippen molar-refractivity contribution in [2.75, 3.05) is 18.8 Å². The van der Waals surface area contributed by atoms with Crippen LogP contribution in [-0.2, 0) is 11.3 Å². The number of hydrogen-bond acceptors (Lipinski definition) is 6. The number of rotatable bonds is 7. The second-order valence-electron chi connectivity index (χ2n) is 8.90. The molecule has 0 spiro atoms. The highest BCUT2D eigenvalue weighted by Gasteiger charge is 2.28. The Morgan fingerprint density at radius 1 is 1.11 bits per heavy atom. The third kappa shape index (κ3) is 5.26. The van der Waals surface area contributed by atoms with E-state index in [-0.39, 0.29) is 24.1 Å². The summed E-state index contributed by atoms with van der Waals surface area (Å²) in [6.07, 6.45) is 7.40. The molecule has 4 aromatic rings. The van der Waals surface area contributed by atoms with Crippen molar-refractivity contribution in [2.24, 2.45) is 0 Å². The molecule has 184 valence electrons. The van der Waals surface area contributed by atoms with Crippen molar-refractivity contribution in [1.82, 2.24) is 30.4 Å². The van der Waals surface area contributed by atoms with Gasteiger partial charge in [-0.3, -0.25) is 9.48 Å². The molecule has 2 aromatic carbocycles. The van der Waals surface area contributed by atoms with Crippen molar-refractivity contribution in [3.63, 3.8) is 0 Å². The van der Waals surface area contributed by atoms with Gasteiger partial charge in [0.1, 0.15) is 23.2 Å². The average molecular weight is 486 g/mol. The summed E-state index contributed by atoms with van der Waals surface area (Å²) in [5.74, 6) is -1.17. The van der Waals surface area contributed by atoms with Crippen LogP contribution in [0.5, 0.6) is 0 Å². The topological polar surface area (TPSA) is 111 Å². The fourth-order valence-electron chi connectivity index (χ4n) is 4.48. The summed E-state index contributed by atoms with van der Waals surface area (Å²) < 4.78 is 15.2. The van der Waals surface area contributed by atoms with E-state index in [9.17, 15) is 9.18 Å². The molecule has 0 radical (unpaired) electrons. The Bertz CT molecular complexity index is 1320. The Hall–Kier alpha value is -4.11. The van der Waals surface area contributed by atoms with Crippen LogP contribution < -0.4 is 16.4 Å².